The molecule has 7 nitrogen and oxygen atoms in total. The fraction of sp³-hybridized carbons (Fsp3) is 0.500. The van der Waals surface area contributed by atoms with Crippen LogP contribution in [0.2, 0.25) is 0 Å². The van der Waals surface area contributed by atoms with E-state index in [0.29, 0.717) is 45.3 Å². The molecule has 0 fully saturated rings. The van der Waals surface area contributed by atoms with Crippen LogP contribution in [-0.4, -0.2) is 44.1 Å². The Labute approximate surface area is 159 Å². The second-order valence-electron chi connectivity index (χ2n) is 7.25. The fourth-order valence-electron chi connectivity index (χ4n) is 3.25. The number of aromatic nitrogens is 3. The molecular formula is C20H27N5O2. The zero-order chi connectivity index (χ0) is 19.2. The molecule has 144 valence electrons. The average molecular weight is 369 g/mol. The molecule has 0 aromatic carbocycles. The van der Waals surface area contributed by atoms with Gasteiger partial charge in [-0.2, -0.15) is 5.10 Å². The van der Waals surface area contributed by atoms with Gasteiger partial charge in [0.1, 0.15) is 0 Å². The van der Waals surface area contributed by atoms with Gasteiger partial charge in [-0.05, 0) is 38.0 Å². The Morgan fingerprint density at radius 2 is 2.07 bits per heavy atom. The number of aryl methyl sites for hydroxylation is 2. The maximum absolute atomic E-state index is 12.5. The third-order valence-corrected chi connectivity index (χ3v) is 4.61. The molecule has 0 atom stereocenters. The second kappa shape index (κ2) is 8.79. The number of nitrogens with one attached hydrogen (secondary N) is 1. The van der Waals surface area contributed by atoms with E-state index in [0.717, 1.165) is 17.0 Å². The van der Waals surface area contributed by atoms with Gasteiger partial charge < -0.3 is 10.2 Å². The second-order valence-corrected chi connectivity index (χ2v) is 7.25. The minimum atomic E-state index is 0.0446. The molecule has 1 aliphatic rings. The minimum absolute atomic E-state index is 0.0446. The van der Waals surface area contributed by atoms with Gasteiger partial charge in [0.2, 0.25) is 11.8 Å². The molecule has 0 spiro atoms. The largest absolute Gasteiger partial charge is 0.354 e. The highest BCUT2D eigenvalue weighted by Crippen LogP contribution is 2.16. The summed E-state index contributed by atoms with van der Waals surface area (Å²) in [5.74, 6) is 0.201. The Morgan fingerprint density at radius 3 is 2.81 bits per heavy atom. The molecule has 2 aromatic rings. The van der Waals surface area contributed by atoms with Crippen LogP contribution in [0, 0.1) is 0 Å². The molecule has 27 heavy (non-hydrogen) atoms. The molecule has 2 amide bonds. The van der Waals surface area contributed by atoms with Crippen molar-refractivity contribution in [1.29, 1.82) is 0 Å². The molecule has 3 heterocycles. The third kappa shape index (κ3) is 5.39. The van der Waals surface area contributed by atoms with Gasteiger partial charge in [0.15, 0.2) is 0 Å². The summed E-state index contributed by atoms with van der Waals surface area (Å²) in [6.45, 7) is 5.86. The first kappa shape index (κ1) is 19.1. The summed E-state index contributed by atoms with van der Waals surface area (Å²) in [6, 6.07) is 6.05. The molecule has 3 rings (SSSR count). The highest BCUT2D eigenvalue weighted by atomic mass is 16.2. The zero-order valence-corrected chi connectivity index (χ0v) is 16.0. The van der Waals surface area contributed by atoms with Gasteiger partial charge in [-0.3, -0.25) is 19.3 Å². The molecule has 7 heteroatoms. The van der Waals surface area contributed by atoms with E-state index in [9.17, 15) is 9.59 Å². The number of amides is 2. The number of nitrogens with zero attached hydrogens (tertiary/aromatic N) is 4. The van der Waals surface area contributed by atoms with Gasteiger partial charge in [0.25, 0.3) is 0 Å². The van der Waals surface area contributed by atoms with Gasteiger partial charge in [-0.15, -0.1) is 0 Å². The monoisotopic (exact) mass is 369 g/mol. The first-order chi connectivity index (χ1) is 13.0. The van der Waals surface area contributed by atoms with Crippen molar-refractivity contribution in [2.75, 3.05) is 6.54 Å². The van der Waals surface area contributed by atoms with E-state index in [1.54, 1.807) is 12.4 Å². The van der Waals surface area contributed by atoms with Crippen LogP contribution in [0.15, 0.2) is 30.6 Å². The number of fused-ring (bicyclic) bond motifs is 1. The van der Waals surface area contributed by atoms with E-state index in [1.165, 1.54) is 0 Å². The van der Waals surface area contributed by atoms with Crippen molar-refractivity contribution < 1.29 is 9.59 Å². The Bertz CT molecular complexity index is 785. The summed E-state index contributed by atoms with van der Waals surface area (Å²) in [7, 11) is 0. The quantitative estimate of drug-likeness (QED) is 0.806. The predicted octanol–water partition coefficient (Wildman–Crippen LogP) is 1.71. The smallest absolute Gasteiger partial charge is 0.223 e. The van der Waals surface area contributed by atoms with E-state index in [1.807, 2.05) is 41.6 Å². The van der Waals surface area contributed by atoms with Crippen LogP contribution in [0.3, 0.4) is 0 Å². The third-order valence-electron chi connectivity index (χ3n) is 4.61. The minimum Gasteiger partial charge on any atom is -0.354 e. The van der Waals surface area contributed by atoms with Crippen LogP contribution in [-0.2, 0) is 35.5 Å². The topological polar surface area (TPSA) is 80.1 Å². The van der Waals surface area contributed by atoms with E-state index in [-0.39, 0.29) is 17.9 Å². The van der Waals surface area contributed by atoms with E-state index < -0.39 is 0 Å². The maximum atomic E-state index is 12.5. The molecule has 0 bridgehead atoms. The summed E-state index contributed by atoms with van der Waals surface area (Å²) in [5, 5.41) is 7.47. The fourth-order valence-corrected chi connectivity index (χ4v) is 3.25. The van der Waals surface area contributed by atoms with Crippen molar-refractivity contribution in [2.24, 2.45) is 0 Å². The zero-order valence-electron chi connectivity index (χ0n) is 16.0. The lowest BCUT2D eigenvalue weighted by Crippen LogP contribution is -2.38. The van der Waals surface area contributed by atoms with E-state index >= 15 is 0 Å². The van der Waals surface area contributed by atoms with Gasteiger partial charge in [0, 0.05) is 44.2 Å². The SMILES string of the molecule is CC(C)NC(=O)CCc1cc2n(n1)CCN(C(=O)CCc1cccnc1)C2. The molecule has 1 N–H and O–H groups in total. The Balaban J connectivity index is 1.51. The molecule has 1 aliphatic heterocycles. The van der Waals surface area contributed by atoms with Crippen molar-refractivity contribution in [3.05, 3.63) is 47.5 Å². The lowest BCUT2D eigenvalue weighted by Gasteiger charge is -2.27. The summed E-state index contributed by atoms with van der Waals surface area (Å²) in [4.78, 5) is 30.3. The maximum Gasteiger partial charge on any atom is 0.223 e. The molecular weight excluding hydrogens is 342 g/mol. The number of hydrogen-bond donors (Lipinski definition) is 1. The van der Waals surface area contributed by atoms with Crippen molar-refractivity contribution in [2.45, 2.75) is 58.7 Å². The Kier molecular flexibility index (Phi) is 6.21. The summed E-state index contributed by atoms with van der Waals surface area (Å²) < 4.78 is 1.96. The van der Waals surface area contributed by atoms with Crippen LogP contribution in [0.4, 0.5) is 0 Å². The molecule has 0 radical (unpaired) electrons. The van der Waals surface area contributed by atoms with Gasteiger partial charge >= 0.3 is 0 Å². The summed E-state index contributed by atoms with van der Waals surface area (Å²) >= 11 is 0. The average Bonchev–Trinajstić information content (AvgIpc) is 3.07. The van der Waals surface area contributed by atoms with Crippen LogP contribution in [0.25, 0.3) is 0 Å². The van der Waals surface area contributed by atoms with Crippen LogP contribution in [0.5, 0.6) is 0 Å². The normalized spacial score (nSPS) is 13.5. The van der Waals surface area contributed by atoms with Crippen molar-refractivity contribution >= 4 is 11.8 Å². The van der Waals surface area contributed by atoms with Crippen LogP contribution >= 0.6 is 0 Å². The Morgan fingerprint density at radius 1 is 1.22 bits per heavy atom. The summed E-state index contributed by atoms with van der Waals surface area (Å²) in [6.07, 6.45) is 5.79. The molecule has 0 aliphatic carbocycles. The first-order valence-corrected chi connectivity index (χ1v) is 9.53. The van der Waals surface area contributed by atoms with Gasteiger partial charge in [0.05, 0.1) is 24.5 Å². The lowest BCUT2D eigenvalue weighted by atomic mass is 10.1. The van der Waals surface area contributed by atoms with Gasteiger partial charge in [-0.25, -0.2) is 0 Å². The standard InChI is InChI=1S/C20H27N5O2/c1-15(2)22-19(26)7-6-17-12-18-14-24(10-11-25(18)23-17)20(27)8-5-16-4-3-9-21-13-16/h3-4,9,12-13,15H,5-8,10-11,14H2,1-2H3,(H,22,26). The van der Waals surface area contributed by atoms with Crippen molar-refractivity contribution in [3.8, 4) is 0 Å². The number of carbonyl (C=O) groups excluding carboxylic acids is 2. The van der Waals surface area contributed by atoms with Gasteiger partial charge in [-0.1, -0.05) is 6.07 Å². The first-order valence-electron chi connectivity index (χ1n) is 9.53. The molecule has 0 saturated carbocycles. The highest BCUT2D eigenvalue weighted by Gasteiger charge is 2.22. The van der Waals surface area contributed by atoms with E-state index in [4.69, 9.17) is 0 Å². The highest BCUT2D eigenvalue weighted by molar-refractivity contribution is 5.77. The predicted molar refractivity (Wildman–Crippen MR) is 102 cm³/mol. The van der Waals surface area contributed by atoms with Crippen LogP contribution < -0.4 is 5.32 Å². The Hall–Kier alpha value is -2.70. The van der Waals surface area contributed by atoms with Crippen LogP contribution in [0.1, 0.15) is 43.6 Å². The number of carbonyl (C=O) groups is 2. The summed E-state index contributed by atoms with van der Waals surface area (Å²) in [5.41, 5.74) is 3.03. The van der Waals surface area contributed by atoms with Crippen molar-refractivity contribution in [3.63, 3.8) is 0 Å². The number of pyridine rings is 1. The molecule has 2 aromatic heterocycles. The molecule has 0 unspecified atom stereocenters. The molecule has 0 saturated heterocycles. The van der Waals surface area contributed by atoms with E-state index in [2.05, 4.69) is 15.4 Å². The number of hydrogen-bond acceptors (Lipinski definition) is 4. The number of rotatable bonds is 7. The van der Waals surface area contributed by atoms with Crippen molar-refractivity contribution in [1.82, 2.24) is 25.0 Å². The lowest BCUT2D eigenvalue weighted by molar-refractivity contribution is -0.132.